The van der Waals surface area contributed by atoms with Gasteiger partial charge in [0.2, 0.25) is 0 Å². The largest absolute Gasteiger partial charge is 0.487 e. The second-order valence-corrected chi connectivity index (χ2v) is 5.35. The van der Waals surface area contributed by atoms with Crippen LogP contribution in [-0.2, 0) is 19.0 Å². The Morgan fingerprint density at radius 2 is 2.06 bits per heavy atom. The highest BCUT2D eigenvalue weighted by Crippen LogP contribution is 2.25. The normalized spacial score (nSPS) is 10.7. The van der Waals surface area contributed by atoms with Crippen LogP contribution in [0.1, 0.15) is 17.0 Å². The lowest BCUT2D eigenvalue weighted by Gasteiger charge is -2.10. The highest BCUT2D eigenvalue weighted by molar-refractivity contribution is 9.10. The van der Waals surface area contributed by atoms with Gasteiger partial charge in [0.15, 0.2) is 0 Å². The predicted molar refractivity (Wildman–Crippen MR) is 79.1 cm³/mol. The maximum atomic E-state index is 5.87. The van der Waals surface area contributed by atoms with Gasteiger partial charge in [0.05, 0.1) is 15.9 Å². The molecular formula is C13H14Br2N2O. The number of ether oxygens (including phenoxy) is 1. The van der Waals surface area contributed by atoms with E-state index in [1.165, 1.54) is 0 Å². The Labute approximate surface area is 123 Å². The molecule has 0 unspecified atom stereocenters. The van der Waals surface area contributed by atoms with Crippen LogP contribution >= 0.6 is 31.9 Å². The molecule has 3 nitrogen and oxygen atoms in total. The zero-order chi connectivity index (χ0) is 13.1. The van der Waals surface area contributed by atoms with Crippen molar-refractivity contribution < 1.29 is 4.74 Å². The first-order chi connectivity index (χ1) is 8.63. The van der Waals surface area contributed by atoms with E-state index in [1.807, 2.05) is 42.9 Å². The van der Waals surface area contributed by atoms with Gasteiger partial charge in [0, 0.05) is 17.9 Å². The van der Waals surface area contributed by atoms with E-state index < -0.39 is 0 Å². The zero-order valence-corrected chi connectivity index (χ0v) is 13.5. The third-order valence-corrected chi connectivity index (χ3v) is 4.38. The monoisotopic (exact) mass is 372 g/mol. The van der Waals surface area contributed by atoms with Gasteiger partial charge in [0.25, 0.3) is 0 Å². The van der Waals surface area contributed by atoms with E-state index in [-0.39, 0.29) is 0 Å². The molecule has 0 bridgehead atoms. The van der Waals surface area contributed by atoms with Gasteiger partial charge in [-0.3, -0.25) is 4.68 Å². The van der Waals surface area contributed by atoms with Gasteiger partial charge >= 0.3 is 0 Å². The van der Waals surface area contributed by atoms with Crippen LogP contribution in [0.2, 0.25) is 0 Å². The topological polar surface area (TPSA) is 27.1 Å². The lowest BCUT2D eigenvalue weighted by Crippen LogP contribution is -2.04. The van der Waals surface area contributed by atoms with Crippen molar-refractivity contribution in [2.45, 2.75) is 18.9 Å². The lowest BCUT2D eigenvalue weighted by molar-refractivity contribution is 0.292. The van der Waals surface area contributed by atoms with Gasteiger partial charge in [-0.1, -0.05) is 34.1 Å². The van der Waals surface area contributed by atoms with E-state index in [1.54, 1.807) is 0 Å². The zero-order valence-electron chi connectivity index (χ0n) is 10.3. The molecule has 0 radical (unpaired) electrons. The maximum absolute atomic E-state index is 5.87. The van der Waals surface area contributed by atoms with Crippen molar-refractivity contribution in [1.82, 2.24) is 9.78 Å². The van der Waals surface area contributed by atoms with Gasteiger partial charge in [-0.05, 0) is 28.9 Å². The van der Waals surface area contributed by atoms with Crippen LogP contribution in [0.15, 0.2) is 28.7 Å². The average molecular weight is 374 g/mol. The Bertz CT molecular complexity index is 552. The molecule has 0 atom stereocenters. The molecule has 0 aliphatic heterocycles. The fourth-order valence-electron chi connectivity index (χ4n) is 1.74. The molecule has 1 aromatic carbocycles. The molecule has 0 spiro atoms. The van der Waals surface area contributed by atoms with Crippen molar-refractivity contribution in [3.63, 3.8) is 0 Å². The van der Waals surface area contributed by atoms with Crippen LogP contribution in [-0.4, -0.2) is 9.78 Å². The predicted octanol–water partition coefficient (Wildman–Crippen LogP) is 3.96. The van der Waals surface area contributed by atoms with E-state index in [4.69, 9.17) is 4.74 Å². The number of nitrogens with zero attached hydrogens (tertiary/aromatic N) is 2. The van der Waals surface area contributed by atoms with Gasteiger partial charge < -0.3 is 4.74 Å². The molecule has 0 aliphatic carbocycles. The van der Waals surface area contributed by atoms with Crippen molar-refractivity contribution in [2.75, 3.05) is 0 Å². The molecule has 2 aromatic rings. The molecule has 1 heterocycles. The summed E-state index contributed by atoms with van der Waals surface area (Å²) >= 11 is 7.00. The van der Waals surface area contributed by atoms with E-state index >= 15 is 0 Å². The third kappa shape index (κ3) is 2.78. The second kappa shape index (κ2) is 5.89. The van der Waals surface area contributed by atoms with Crippen molar-refractivity contribution >= 4 is 31.9 Å². The van der Waals surface area contributed by atoms with Crippen molar-refractivity contribution in [3.8, 4) is 5.75 Å². The number of hydrogen-bond donors (Lipinski definition) is 0. The molecule has 18 heavy (non-hydrogen) atoms. The number of halogens is 2. The van der Waals surface area contributed by atoms with Crippen molar-refractivity contribution in [1.29, 1.82) is 0 Å². The summed E-state index contributed by atoms with van der Waals surface area (Å²) in [4.78, 5) is 0. The summed E-state index contributed by atoms with van der Waals surface area (Å²) in [6.45, 7) is 2.47. The first kappa shape index (κ1) is 13.6. The fraction of sp³-hybridized carbons (Fsp3) is 0.308. The number of hydrogen-bond acceptors (Lipinski definition) is 2. The summed E-state index contributed by atoms with van der Waals surface area (Å²) in [5.41, 5.74) is 3.16. The van der Waals surface area contributed by atoms with Gasteiger partial charge in [-0.2, -0.15) is 5.10 Å². The highest BCUT2D eigenvalue weighted by atomic mass is 79.9. The molecule has 5 heteroatoms. The van der Waals surface area contributed by atoms with Gasteiger partial charge in [0.1, 0.15) is 12.4 Å². The summed E-state index contributed by atoms with van der Waals surface area (Å²) in [6.07, 6.45) is 0. The number of aromatic nitrogens is 2. The Kier molecular flexibility index (Phi) is 4.45. The minimum absolute atomic E-state index is 0.502. The molecule has 0 N–H and O–H groups in total. The Morgan fingerprint density at radius 3 is 2.67 bits per heavy atom. The quantitative estimate of drug-likeness (QED) is 0.758. The summed E-state index contributed by atoms with van der Waals surface area (Å²) in [7, 11) is 1.92. The molecular weight excluding hydrogens is 360 g/mol. The summed E-state index contributed by atoms with van der Waals surface area (Å²) in [5, 5.41) is 5.13. The molecule has 96 valence electrons. The minimum atomic E-state index is 0.502. The fourth-order valence-corrected chi connectivity index (χ4v) is 2.65. The van der Waals surface area contributed by atoms with Crippen molar-refractivity contribution in [3.05, 3.63) is 45.7 Å². The van der Waals surface area contributed by atoms with E-state index in [0.717, 1.165) is 32.5 Å². The molecule has 0 aliphatic rings. The van der Waals surface area contributed by atoms with E-state index in [9.17, 15) is 0 Å². The Hall–Kier alpha value is -0.810. The number of benzene rings is 1. The number of alkyl halides is 1. The summed E-state index contributed by atoms with van der Waals surface area (Å²) < 4.78 is 8.73. The van der Waals surface area contributed by atoms with Crippen molar-refractivity contribution in [2.24, 2.45) is 7.05 Å². The highest BCUT2D eigenvalue weighted by Gasteiger charge is 2.11. The first-order valence-electron chi connectivity index (χ1n) is 5.58. The van der Waals surface area contributed by atoms with Crippen LogP contribution in [0.3, 0.4) is 0 Å². The molecule has 2 rings (SSSR count). The van der Waals surface area contributed by atoms with Crippen LogP contribution in [0.4, 0.5) is 0 Å². The van der Waals surface area contributed by atoms with E-state index in [2.05, 4.69) is 37.0 Å². The number of aryl methyl sites for hydroxylation is 2. The second-order valence-electron chi connectivity index (χ2n) is 4.00. The van der Waals surface area contributed by atoms with Gasteiger partial charge in [-0.15, -0.1) is 0 Å². The molecule has 1 aromatic heterocycles. The Balaban J connectivity index is 2.16. The van der Waals surface area contributed by atoms with Crippen LogP contribution < -0.4 is 4.74 Å². The molecule has 0 amide bonds. The van der Waals surface area contributed by atoms with Crippen LogP contribution in [0.25, 0.3) is 0 Å². The van der Waals surface area contributed by atoms with E-state index in [0.29, 0.717) is 6.61 Å². The number of para-hydroxylation sites is 1. The lowest BCUT2D eigenvalue weighted by atomic mass is 10.2. The smallest absolute Gasteiger partial charge is 0.131 e. The SMILES string of the molecule is Cc1nn(C)c(COc2ccccc2CBr)c1Br. The van der Waals surface area contributed by atoms with Crippen LogP contribution in [0, 0.1) is 6.92 Å². The Morgan fingerprint density at radius 1 is 1.33 bits per heavy atom. The third-order valence-electron chi connectivity index (χ3n) is 2.74. The number of rotatable bonds is 4. The summed E-state index contributed by atoms with van der Waals surface area (Å²) in [5.74, 6) is 0.903. The summed E-state index contributed by atoms with van der Waals surface area (Å²) in [6, 6.07) is 8.01. The standard InChI is InChI=1S/C13H14Br2N2O/c1-9-13(15)11(17(2)16-9)8-18-12-6-4-3-5-10(12)7-14/h3-6H,7-8H2,1-2H3. The average Bonchev–Trinajstić information content (AvgIpc) is 2.62. The maximum Gasteiger partial charge on any atom is 0.131 e. The van der Waals surface area contributed by atoms with Gasteiger partial charge in [-0.25, -0.2) is 0 Å². The molecule has 0 saturated carbocycles. The first-order valence-corrected chi connectivity index (χ1v) is 7.49. The minimum Gasteiger partial charge on any atom is -0.487 e. The van der Waals surface area contributed by atoms with Crippen LogP contribution in [0.5, 0.6) is 5.75 Å². The molecule has 0 fully saturated rings. The molecule has 0 saturated heterocycles.